The number of carbonyl (C=O) groups is 1. The lowest BCUT2D eigenvalue weighted by molar-refractivity contribution is -0.140. The van der Waals surface area contributed by atoms with Gasteiger partial charge in [-0.1, -0.05) is 24.0 Å². The highest BCUT2D eigenvalue weighted by Crippen LogP contribution is 2.02. The fourth-order valence-corrected chi connectivity index (χ4v) is 1.15. The molecule has 0 aliphatic rings. The molecule has 0 spiro atoms. The summed E-state index contributed by atoms with van der Waals surface area (Å²) in [6, 6.07) is 7.97. The van der Waals surface area contributed by atoms with E-state index in [0.29, 0.717) is 12.8 Å². The highest BCUT2D eigenvalue weighted by Gasteiger charge is 1.95. The maximum Gasteiger partial charge on any atom is 0.306 e. The highest BCUT2D eigenvalue weighted by atomic mass is 16.5. The van der Waals surface area contributed by atoms with Crippen molar-refractivity contribution in [2.45, 2.75) is 19.8 Å². The van der Waals surface area contributed by atoms with Gasteiger partial charge in [0, 0.05) is 12.0 Å². The van der Waals surface area contributed by atoms with Gasteiger partial charge in [-0.05, 0) is 24.6 Å². The molecule has 0 heterocycles. The van der Waals surface area contributed by atoms with Crippen LogP contribution in [0.15, 0.2) is 24.3 Å². The van der Waals surface area contributed by atoms with E-state index in [1.165, 1.54) is 12.7 Å². The predicted octanol–water partition coefficient (Wildman–Crippen LogP) is 2.30. The van der Waals surface area contributed by atoms with Crippen LogP contribution in [0.4, 0.5) is 0 Å². The van der Waals surface area contributed by atoms with Gasteiger partial charge in [0.2, 0.25) is 0 Å². The van der Waals surface area contributed by atoms with Gasteiger partial charge in [0.25, 0.3) is 0 Å². The molecule has 0 N–H and O–H groups in total. The van der Waals surface area contributed by atoms with Crippen LogP contribution in [-0.4, -0.2) is 13.1 Å². The Morgan fingerprint density at radius 1 is 1.47 bits per heavy atom. The molecule has 1 aromatic rings. The van der Waals surface area contributed by atoms with Crippen molar-refractivity contribution < 1.29 is 9.53 Å². The molecule has 2 heteroatoms. The van der Waals surface area contributed by atoms with Gasteiger partial charge in [-0.15, -0.1) is 0 Å². The van der Waals surface area contributed by atoms with Crippen LogP contribution in [0.1, 0.15) is 24.0 Å². The number of methoxy groups -OCH3 is 1. The molecule has 1 rings (SSSR count). The lowest BCUT2D eigenvalue weighted by Gasteiger charge is -1.93. The average Bonchev–Trinajstić information content (AvgIpc) is 2.24. The summed E-state index contributed by atoms with van der Waals surface area (Å²) in [6.07, 6.45) is 0.899. The molecule has 0 saturated heterocycles. The molecule has 0 aliphatic carbocycles. The van der Waals surface area contributed by atoms with E-state index in [9.17, 15) is 4.79 Å². The van der Waals surface area contributed by atoms with E-state index in [0.717, 1.165) is 5.56 Å². The number of ether oxygens (including phenoxy) is 1. The largest absolute Gasteiger partial charge is 0.469 e. The molecule has 0 radical (unpaired) electrons. The Balaban J connectivity index is 2.48. The molecule has 0 fully saturated rings. The first-order valence-corrected chi connectivity index (χ1v) is 4.84. The Morgan fingerprint density at radius 2 is 2.27 bits per heavy atom. The van der Waals surface area contributed by atoms with Crippen LogP contribution in [0.2, 0.25) is 0 Å². The Morgan fingerprint density at radius 3 is 2.93 bits per heavy atom. The molecule has 0 unspecified atom stereocenters. The zero-order valence-electron chi connectivity index (χ0n) is 9.04. The summed E-state index contributed by atoms with van der Waals surface area (Å²) in [5, 5.41) is 0. The lowest BCUT2D eigenvalue weighted by atomic mass is 10.1. The summed E-state index contributed by atoms with van der Waals surface area (Å²) in [4.78, 5) is 10.8. The minimum Gasteiger partial charge on any atom is -0.469 e. The standard InChI is InChI=1S/C13H14O2/c1-11-6-5-8-12(10-11)7-3-4-9-13(14)15-2/h5-6,8,10H,4,9H2,1-2H3. The summed E-state index contributed by atoms with van der Waals surface area (Å²) in [6.45, 7) is 2.03. The Bertz CT molecular complexity index is 396. The number of rotatable bonds is 2. The monoisotopic (exact) mass is 202 g/mol. The number of esters is 1. The van der Waals surface area contributed by atoms with E-state index in [1.807, 2.05) is 31.2 Å². The summed E-state index contributed by atoms with van der Waals surface area (Å²) in [5.74, 6) is 5.74. The van der Waals surface area contributed by atoms with Crippen molar-refractivity contribution >= 4 is 5.97 Å². The second-order valence-corrected chi connectivity index (χ2v) is 3.25. The zero-order valence-corrected chi connectivity index (χ0v) is 9.04. The maximum atomic E-state index is 10.8. The average molecular weight is 202 g/mol. The summed E-state index contributed by atoms with van der Waals surface area (Å²) >= 11 is 0. The number of aryl methyl sites for hydroxylation is 1. The Hall–Kier alpha value is -1.75. The predicted molar refractivity (Wildman–Crippen MR) is 59.3 cm³/mol. The summed E-state index contributed by atoms with van der Waals surface area (Å²) in [7, 11) is 1.39. The molecule has 78 valence electrons. The minimum atomic E-state index is -0.214. The van der Waals surface area contributed by atoms with Crippen molar-refractivity contribution in [2.24, 2.45) is 0 Å². The van der Waals surface area contributed by atoms with Crippen LogP contribution >= 0.6 is 0 Å². The molecule has 15 heavy (non-hydrogen) atoms. The molecular formula is C13H14O2. The smallest absolute Gasteiger partial charge is 0.306 e. The molecule has 1 aromatic carbocycles. The SMILES string of the molecule is COC(=O)CCC#Cc1cccc(C)c1. The van der Waals surface area contributed by atoms with E-state index >= 15 is 0 Å². The van der Waals surface area contributed by atoms with Crippen LogP contribution in [0.5, 0.6) is 0 Å². The van der Waals surface area contributed by atoms with E-state index in [1.54, 1.807) is 0 Å². The van der Waals surface area contributed by atoms with Gasteiger partial charge in [-0.25, -0.2) is 0 Å². The van der Waals surface area contributed by atoms with Crippen molar-refractivity contribution in [1.29, 1.82) is 0 Å². The van der Waals surface area contributed by atoms with Crippen LogP contribution in [0.3, 0.4) is 0 Å². The first kappa shape index (κ1) is 11.3. The first-order valence-electron chi connectivity index (χ1n) is 4.84. The lowest BCUT2D eigenvalue weighted by Crippen LogP contribution is -1.98. The molecule has 0 aliphatic heterocycles. The van der Waals surface area contributed by atoms with Crippen molar-refractivity contribution in [3.63, 3.8) is 0 Å². The Labute approximate surface area is 90.3 Å². The fourth-order valence-electron chi connectivity index (χ4n) is 1.15. The van der Waals surface area contributed by atoms with E-state index < -0.39 is 0 Å². The van der Waals surface area contributed by atoms with Gasteiger partial charge >= 0.3 is 5.97 Å². The van der Waals surface area contributed by atoms with Crippen LogP contribution in [0.25, 0.3) is 0 Å². The Kier molecular flexibility index (Phi) is 4.43. The normalized spacial score (nSPS) is 8.93. The summed E-state index contributed by atoms with van der Waals surface area (Å²) in [5.41, 5.74) is 2.18. The first-order chi connectivity index (χ1) is 7.22. The van der Waals surface area contributed by atoms with Gasteiger partial charge in [-0.3, -0.25) is 4.79 Å². The van der Waals surface area contributed by atoms with Crippen LogP contribution in [0, 0.1) is 18.8 Å². The van der Waals surface area contributed by atoms with E-state index in [-0.39, 0.29) is 5.97 Å². The van der Waals surface area contributed by atoms with Crippen LogP contribution < -0.4 is 0 Å². The second-order valence-electron chi connectivity index (χ2n) is 3.25. The van der Waals surface area contributed by atoms with Gasteiger partial charge in [-0.2, -0.15) is 0 Å². The van der Waals surface area contributed by atoms with Gasteiger partial charge < -0.3 is 4.74 Å². The second kappa shape index (κ2) is 5.87. The molecule has 0 atom stereocenters. The highest BCUT2D eigenvalue weighted by molar-refractivity contribution is 5.69. The number of hydrogen-bond donors (Lipinski definition) is 0. The molecule has 0 bridgehead atoms. The van der Waals surface area contributed by atoms with E-state index in [4.69, 9.17) is 0 Å². The third kappa shape index (κ3) is 4.33. The minimum absolute atomic E-state index is 0.214. The molecule has 0 aromatic heterocycles. The van der Waals surface area contributed by atoms with Crippen molar-refractivity contribution in [2.75, 3.05) is 7.11 Å². The third-order valence-corrected chi connectivity index (χ3v) is 1.93. The van der Waals surface area contributed by atoms with Gasteiger partial charge in [0.1, 0.15) is 0 Å². The maximum absolute atomic E-state index is 10.8. The molecule has 0 amide bonds. The van der Waals surface area contributed by atoms with Crippen molar-refractivity contribution in [1.82, 2.24) is 0 Å². The van der Waals surface area contributed by atoms with Gasteiger partial charge in [0.05, 0.1) is 13.5 Å². The number of carbonyl (C=O) groups excluding carboxylic acids is 1. The van der Waals surface area contributed by atoms with Crippen molar-refractivity contribution in [3.05, 3.63) is 35.4 Å². The fraction of sp³-hybridized carbons (Fsp3) is 0.308. The van der Waals surface area contributed by atoms with Crippen molar-refractivity contribution in [3.8, 4) is 11.8 Å². The van der Waals surface area contributed by atoms with Gasteiger partial charge in [0.15, 0.2) is 0 Å². The summed E-state index contributed by atoms with van der Waals surface area (Å²) < 4.78 is 4.51. The number of benzene rings is 1. The molecular weight excluding hydrogens is 188 g/mol. The topological polar surface area (TPSA) is 26.3 Å². The van der Waals surface area contributed by atoms with E-state index in [2.05, 4.69) is 16.6 Å². The quantitative estimate of drug-likeness (QED) is 0.543. The van der Waals surface area contributed by atoms with Crippen LogP contribution in [-0.2, 0) is 9.53 Å². The molecule has 2 nitrogen and oxygen atoms in total. The number of hydrogen-bond acceptors (Lipinski definition) is 2. The third-order valence-electron chi connectivity index (χ3n) is 1.93. The zero-order chi connectivity index (χ0) is 11.1. The molecule has 0 saturated carbocycles.